The number of hydrogen-bond donors (Lipinski definition) is 2. The number of hydrogen-bond acceptors (Lipinski definition) is 4. The summed E-state index contributed by atoms with van der Waals surface area (Å²) in [6, 6.07) is 7.62. The van der Waals surface area contributed by atoms with E-state index >= 15 is 0 Å². The standard InChI is InChI=1S/C15H23N3O2S/c1-18(10-11-8-12(16)9-11)14-4-6-15(7-5-14)21(19,20)17-13-2-3-13/h4-7,11-13,17H,2-3,8-10,16H2,1H3. The Hall–Kier alpha value is -1.11. The predicted molar refractivity (Wildman–Crippen MR) is 83.8 cm³/mol. The van der Waals surface area contributed by atoms with Crippen molar-refractivity contribution in [3.63, 3.8) is 0 Å². The minimum atomic E-state index is -3.35. The van der Waals surface area contributed by atoms with Crippen molar-refractivity contribution in [2.75, 3.05) is 18.5 Å². The fourth-order valence-electron chi connectivity index (χ4n) is 2.80. The van der Waals surface area contributed by atoms with Crippen LogP contribution in [0.5, 0.6) is 0 Å². The largest absolute Gasteiger partial charge is 0.374 e. The normalized spacial score (nSPS) is 25.4. The van der Waals surface area contributed by atoms with E-state index in [-0.39, 0.29) is 6.04 Å². The molecule has 2 aliphatic carbocycles. The highest BCUT2D eigenvalue weighted by molar-refractivity contribution is 7.89. The maximum Gasteiger partial charge on any atom is 0.240 e. The van der Waals surface area contributed by atoms with Crippen molar-refractivity contribution in [3.8, 4) is 0 Å². The molecule has 0 amide bonds. The number of nitrogens with two attached hydrogens (primary N) is 1. The Morgan fingerprint density at radius 3 is 2.38 bits per heavy atom. The monoisotopic (exact) mass is 309 g/mol. The molecule has 0 unspecified atom stereocenters. The van der Waals surface area contributed by atoms with E-state index in [1.54, 1.807) is 12.1 Å². The van der Waals surface area contributed by atoms with Crippen molar-refractivity contribution < 1.29 is 8.42 Å². The topological polar surface area (TPSA) is 75.4 Å². The van der Waals surface area contributed by atoms with Gasteiger partial charge < -0.3 is 10.6 Å². The molecule has 3 N–H and O–H groups in total. The molecule has 0 bridgehead atoms. The number of rotatable bonds is 6. The summed E-state index contributed by atoms with van der Waals surface area (Å²) in [4.78, 5) is 2.51. The summed E-state index contributed by atoms with van der Waals surface area (Å²) in [6.07, 6.45) is 4.07. The highest BCUT2D eigenvalue weighted by Gasteiger charge is 2.28. The SMILES string of the molecule is CN(CC1CC(N)C1)c1ccc(S(=O)(=O)NC2CC2)cc1. The van der Waals surface area contributed by atoms with Crippen molar-refractivity contribution in [1.82, 2.24) is 4.72 Å². The second-order valence-electron chi connectivity index (χ2n) is 6.37. The van der Waals surface area contributed by atoms with Crippen molar-refractivity contribution in [2.24, 2.45) is 11.7 Å². The van der Waals surface area contributed by atoms with Gasteiger partial charge >= 0.3 is 0 Å². The van der Waals surface area contributed by atoms with E-state index in [0.717, 1.165) is 37.9 Å². The molecule has 2 aliphatic rings. The maximum absolute atomic E-state index is 12.1. The zero-order chi connectivity index (χ0) is 15.0. The minimum absolute atomic E-state index is 0.139. The molecule has 2 saturated carbocycles. The quantitative estimate of drug-likeness (QED) is 0.830. The molecule has 0 aromatic heterocycles. The Morgan fingerprint density at radius 2 is 1.86 bits per heavy atom. The molecule has 3 rings (SSSR count). The first-order valence-electron chi connectivity index (χ1n) is 7.53. The first kappa shape index (κ1) is 14.8. The molecule has 21 heavy (non-hydrogen) atoms. The second kappa shape index (κ2) is 5.59. The van der Waals surface area contributed by atoms with Gasteiger partial charge in [0.1, 0.15) is 0 Å². The lowest BCUT2D eigenvalue weighted by Gasteiger charge is -2.36. The van der Waals surface area contributed by atoms with Gasteiger partial charge in [-0.15, -0.1) is 0 Å². The number of sulfonamides is 1. The van der Waals surface area contributed by atoms with E-state index in [9.17, 15) is 8.42 Å². The average molecular weight is 309 g/mol. The summed E-state index contributed by atoms with van der Waals surface area (Å²) in [5.41, 5.74) is 6.85. The Morgan fingerprint density at radius 1 is 1.24 bits per heavy atom. The molecule has 2 fully saturated rings. The third-order valence-electron chi connectivity index (χ3n) is 4.29. The van der Waals surface area contributed by atoms with E-state index < -0.39 is 10.0 Å². The molecule has 1 aromatic rings. The fourth-order valence-corrected chi connectivity index (χ4v) is 4.10. The van der Waals surface area contributed by atoms with Gasteiger partial charge in [0.2, 0.25) is 10.0 Å². The fraction of sp³-hybridized carbons (Fsp3) is 0.600. The van der Waals surface area contributed by atoms with Crippen molar-refractivity contribution in [3.05, 3.63) is 24.3 Å². The van der Waals surface area contributed by atoms with E-state index in [4.69, 9.17) is 5.73 Å². The van der Waals surface area contributed by atoms with Crippen LogP contribution in [0.25, 0.3) is 0 Å². The van der Waals surface area contributed by atoms with Gasteiger partial charge in [-0.1, -0.05) is 0 Å². The highest BCUT2D eigenvalue weighted by atomic mass is 32.2. The van der Waals surface area contributed by atoms with Crippen LogP contribution in [0.1, 0.15) is 25.7 Å². The molecule has 116 valence electrons. The molecule has 5 nitrogen and oxygen atoms in total. The number of nitrogens with one attached hydrogen (secondary N) is 1. The predicted octanol–water partition coefficient (Wildman–Crippen LogP) is 1.30. The van der Waals surface area contributed by atoms with Gasteiger partial charge in [0.15, 0.2) is 0 Å². The smallest absolute Gasteiger partial charge is 0.240 e. The number of nitrogens with zero attached hydrogens (tertiary/aromatic N) is 1. The molecule has 6 heteroatoms. The van der Waals surface area contributed by atoms with Crippen LogP contribution >= 0.6 is 0 Å². The first-order valence-corrected chi connectivity index (χ1v) is 9.01. The van der Waals surface area contributed by atoms with Gasteiger partial charge in [-0.25, -0.2) is 13.1 Å². The molecule has 0 aliphatic heterocycles. The molecule has 1 aromatic carbocycles. The Labute approximate surface area is 126 Å². The Bertz CT molecular complexity index is 590. The van der Waals surface area contributed by atoms with Crippen LogP contribution in [-0.4, -0.2) is 34.1 Å². The van der Waals surface area contributed by atoms with Crippen LogP contribution in [0.4, 0.5) is 5.69 Å². The Balaban J connectivity index is 1.62. The van der Waals surface area contributed by atoms with Crippen molar-refractivity contribution in [2.45, 2.75) is 42.7 Å². The zero-order valence-electron chi connectivity index (χ0n) is 12.3. The average Bonchev–Trinajstić information content (AvgIpc) is 3.20. The lowest BCUT2D eigenvalue weighted by atomic mass is 9.80. The lowest BCUT2D eigenvalue weighted by molar-refractivity contribution is 0.271. The molecule has 0 saturated heterocycles. The van der Waals surface area contributed by atoms with Crippen LogP contribution < -0.4 is 15.4 Å². The first-order chi connectivity index (χ1) is 9.94. The van der Waals surface area contributed by atoms with Crippen LogP contribution in [0.3, 0.4) is 0 Å². The van der Waals surface area contributed by atoms with Gasteiger partial charge in [-0.05, 0) is 55.9 Å². The third-order valence-corrected chi connectivity index (χ3v) is 5.83. The molecule has 0 radical (unpaired) electrons. The van der Waals surface area contributed by atoms with Crippen molar-refractivity contribution in [1.29, 1.82) is 0 Å². The summed E-state index contributed by atoms with van der Waals surface area (Å²) < 4.78 is 26.9. The molecular weight excluding hydrogens is 286 g/mol. The molecule has 0 heterocycles. The van der Waals surface area contributed by atoms with Gasteiger partial charge in [0, 0.05) is 31.4 Å². The summed E-state index contributed by atoms with van der Waals surface area (Å²) in [6.45, 7) is 0.972. The Kier molecular flexibility index (Phi) is 3.94. The van der Waals surface area contributed by atoms with Crippen LogP contribution in [-0.2, 0) is 10.0 Å². The summed E-state index contributed by atoms with van der Waals surface area (Å²) in [5.74, 6) is 0.657. The summed E-state index contributed by atoms with van der Waals surface area (Å²) in [5, 5.41) is 0. The van der Waals surface area contributed by atoms with Crippen LogP contribution in [0.15, 0.2) is 29.2 Å². The van der Waals surface area contributed by atoms with Crippen LogP contribution in [0, 0.1) is 5.92 Å². The zero-order valence-corrected chi connectivity index (χ0v) is 13.1. The van der Waals surface area contributed by atoms with Crippen LogP contribution in [0.2, 0.25) is 0 Å². The maximum atomic E-state index is 12.1. The van der Waals surface area contributed by atoms with Crippen molar-refractivity contribution >= 4 is 15.7 Å². The van der Waals surface area contributed by atoms with E-state index in [1.165, 1.54) is 0 Å². The molecule has 0 atom stereocenters. The van der Waals surface area contributed by atoms with Gasteiger partial charge in [-0.3, -0.25) is 0 Å². The highest BCUT2D eigenvalue weighted by Crippen LogP contribution is 2.28. The number of anilines is 1. The van der Waals surface area contributed by atoms with E-state index in [2.05, 4.69) is 9.62 Å². The van der Waals surface area contributed by atoms with Gasteiger partial charge in [0.25, 0.3) is 0 Å². The molecular formula is C15H23N3O2S. The number of benzene rings is 1. The third kappa shape index (κ3) is 3.56. The summed E-state index contributed by atoms with van der Waals surface area (Å²) in [7, 11) is -1.31. The van der Waals surface area contributed by atoms with Gasteiger partial charge in [-0.2, -0.15) is 0 Å². The molecule has 0 spiro atoms. The second-order valence-corrected chi connectivity index (χ2v) is 8.08. The summed E-state index contributed by atoms with van der Waals surface area (Å²) >= 11 is 0. The van der Waals surface area contributed by atoms with E-state index in [0.29, 0.717) is 16.9 Å². The van der Waals surface area contributed by atoms with Gasteiger partial charge in [0.05, 0.1) is 4.90 Å². The van der Waals surface area contributed by atoms with E-state index in [1.807, 2.05) is 19.2 Å². The lowest BCUT2D eigenvalue weighted by Crippen LogP contribution is -2.41. The minimum Gasteiger partial charge on any atom is -0.374 e.